The summed E-state index contributed by atoms with van der Waals surface area (Å²) in [4.78, 5) is 27.8. The minimum Gasteiger partial charge on any atom is -0.507 e. The van der Waals surface area contributed by atoms with Gasteiger partial charge in [-0.05, 0) is 61.2 Å². The minimum atomic E-state index is -0.694. The van der Waals surface area contributed by atoms with Crippen molar-refractivity contribution in [3.63, 3.8) is 0 Å². The standard InChI is InChI=1S/C28H33NO6/c1-4-5-15-34-22-10-7-19(8-11-22)25-24(27(31)28(32)29(25)13-6-14-33-3)26(30)20-9-12-23-21(17-20)16-18(2)35-23/h7-12,17-18,25,30H,4-6,13-16H2,1-3H3/t18-,25+/m0/s1. The molecule has 2 atom stereocenters. The van der Waals surface area contributed by atoms with Gasteiger partial charge < -0.3 is 24.2 Å². The van der Waals surface area contributed by atoms with E-state index < -0.39 is 17.7 Å². The van der Waals surface area contributed by atoms with Gasteiger partial charge in [-0.15, -0.1) is 0 Å². The number of hydrogen-bond donors (Lipinski definition) is 1. The second-order valence-electron chi connectivity index (χ2n) is 9.06. The van der Waals surface area contributed by atoms with Gasteiger partial charge in [0.2, 0.25) is 0 Å². The Balaban J connectivity index is 1.72. The number of aliphatic hydroxyl groups excluding tert-OH is 1. The van der Waals surface area contributed by atoms with Crippen LogP contribution in [0.2, 0.25) is 0 Å². The molecule has 35 heavy (non-hydrogen) atoms. The molecular formula is C28H33NO6. The number of nitrogens with zero attached hydrogens (tertiary/aromatic N) is 1. The van der Waals surface area contributed by atoms with Crippen LogP contribution in [0.4, 0.5) is 0 Å². The van der Waals surface area contributed by atoms with E-state index in [1.165, 1.54) is 4.90 Å². The van der Waals surface area contributed by atoms with Gasteiger partial charge in [0.1, 0.15) is 23.4 Å². The Morgan fingerprint density at radius 3 is 2.60 bits per heavy atom. The number of amides is 1. The van der Waals surface area contributed by atoms with Gasteiger partial charge in [-0.3, -0.25) is 9.59 Å². The summed E-state index contributed by atoms with van der Waals surface area (Å²) in [6.07, 6.45) is 3.37. The van der Waals surface area contributed by atoms with Gasteiger partial charge in [0.15, 0.2) is 0 Å². The summed E-state index contributed by atoms with van der Waals surface area (Å²) in [5.41, 5.74) is 2.31. The first-order chi connectivity index (χ1) is 16.9. The SMILES string of the molecule is CCCCOc1ccc([C@@H]2C(=C(O)c3ccc4c(c3)C[C@H](C)O4)C(=O)C(=O)N2CCCOC)cc1. The van der Waals surface area contributed by atoms with Crippen LogP contribution in [0.5, 0.6) is 11.5 Å². The van der Waals surface area contributed by atoms with E-state index in [9.17, 15) is 14.7 Å². The summed E-state index contributed by atoms with van der Waals surface area (Å²) in [6, 6.07) is 12.1. The van der Waals surface area contributed by atoms with Crippen molar-refractivity contribution in [1.29, 1.82) is 0 Å². The van der Waals surface area contributed by atoms with Crippen molar-refractivity contribution < 1.29 is 28.9 Å². The molecule has 0 radical (unpaired) electrons. The molecule has 0 bridgehead atoms. The summed E-state index contributed by atoms with van der Waals surface area (Å²) < 4.78 is 16.7. The van der Waals surface area contributed by atoms with Crippen molar-refractivity contribution in [3.8, 4) is 11.5 Å². The Hall–Kier alpha value is -3.32. The number of aliphatic hydroxyl groups is 1. The second kappa shape index (κ2) is 11.0. The molecule has 7 heteroatoms. The number of ketones is 1. The molecule has 0 aliphatic carbocycles. The molecule has 2 aromatic rings. The van der Waals surface area contributed by atoms with E-state index in [0.29, 0.717) is 31.7 Å². The molecule has 1 saturated heterocycles. The molecule has 0 unspecified atom stereocenters. The lowest BCUT2D eigenvalue weighted by Crippen LogP contribution is -2.31. The molecule has 1 fully saturated rings. The van der Waals surface area contributed by atoms with Crippen LogP contribution in [-0.2, 0) is 20.7 Å². The number of benzene rings is 2. The van der Waals surface area contributed by atoms with E-state index in [-0.39, 0.29) is 17.4 Å². The van der Waals surface area contributed by atoms with E-state index in [1.54, 1.807) is 19.2 Å². The van der Waals surface area contributed by atoms with E-state index in [2.05, 4.69) is 6.92 Å². The summed E-state index contributed by atoms with van der Waals surface area (Å²) >= 11 is 0. The molecule has 2 aliphatic heterocycles. The summed E-state index contributed by atoms with van der Waals surface area (Å²) in [5.74, 6) is 0.0381. The first-order valence-corrected chi connectivity index (χ1v) is 12.2. The lowest BCUT2D eigenvalue weighted by atomic mass is 9.94. The first kappa shape index (κ1) is 24.8. The van der Waals surface area contributed by atoms with Crippen molar-refractivity contribution >= 4 is 17.4 Å². The van der Waals surface area contributed by atoms with Crippen molar-refractivity contribution in [2.75, 3.05) is 26.9 Å². The predicted octanol–water partition coefficient (Wildman–Crippen LogP) is 4.65. The maximum absolute atomic E-state index is 13.2. The molecule has 2 aliphatic rings. The van der Waals surface area contributed by atoms with Crippen LogP contribution >= 0.6 is 0 Å². The Morgan fingerprint density at radius 2 is 1.89 bits per heavy atom. The maximum atomic E-state index is 13.2. The number of fused-ring (bicyclic) bond motifs is 1. The van der Waals surface area contributed by atoms with Gasteiger partial charge in [0, 0.05) is 32.2 Å². The third-order valence-electron chi connectivity index (χ3n) is 6.42. The lowest BCUT2D eigenvalue weighted by Gasteiger charge is -2.25. The van der Waals surface area contributed by atoms with Crippen LogP contribution in [-0.4, -0.2) is 54.7 Å². The molecule has 186 valence electrons. The van der Waals surface area contributed by atoms with Gasteiger partial charge >= 0.3 is 0 Å². The zero-order chi connectivity index (χ0) is 24.9. The average molecular weight is 480 g/mol. The molecule has 1 N–H and O–H groups in total. The molecule has 0 spiro atoms. The minimum absolute atomic E-state index is 0.0619. The molecule has 0 saturated carbocycles. The van der Waals surface area contributed by atoms with Crippen molar-refractivity contribution in [3.05, 3.63) is 64.7 Å². The molecule has 1 amide bonds. The molecule has 2 aromatic carbocycles. The highest BCUT2D eigenvalue weighted by Gasteiger charge is 2.45. The summed E-state index contributed by atoms with van der Waals surface area (Å²) in [5, 5.41) is 11.3. The fourth-order valence-corrected chi connectivity index (χ4v) is 4.64. The lowest BCUT2D eigenvalue weighted by molar-refractivity contribution is -0.140. The van der Waals surface area contributed by atoms with Crippen molar-refractivity contribution in [1.82, 2.24) is 4.90 Å². The Bertz CT molecular complexity index is 1110. The number of carbonyl (C=O) groups excluding carboxylic acids is 2. The molecule has 4 rings (SSSR count). The quantitative estimate of drug-likeness (QED) is 0.231. The summed E-state index contributed by atoms with van der Waals surface area (Å²) in [6.45, 7) is 5.52. The van der Waals surface area contributed by atoms with Crippen LogP contribution in [0.25, 0.3) is 5.76 Å². The monoisotopic (exact) mass is 479 g/mol. The fourth-order valence-electron chi connectivity index (χ4n) is 4.64. The molecule has 0 aromatic heterocycles. The third-order valence-corrected chi connectivity index (χ3v) is 6.42. The Kier molecular flexibility index (Phi) is 7.76. The Morgan fingerprint density at radius 1 is 1.11 bits per heavy atom. The van der Waals surface area contributed by atoms with Crippen LogP contribution < -0.4 is 9.47 Å². The number of methoxy groups -OCH3 is 1. The van der Waals surface area contributed by atoms with Crippen LogP contribution in [0.15, 0.2) is 48.0 Å². The van der Waals surface area contributed by atoms with Crippen LogP contribution in [0.3, 0.4) is 0 Å². The van der Waals surface area contributed by atoms with Crippen molar-refractivity contribution in [2.24, 2.45) is 0 Å². The average Bonchev–Trinajstić information content (AvgIpc) is 3.35. The molecular weight excluding hydrogens is 446 g/mol. The van der Waals surface area contributed by atoms with E-state index in [0.717, 1.165) is 41.9 Å². The fraction of sp³-hybridized carbons (Fsp3) is 0.429. The highest BCUT2D eigenvalue weighted by Crippen LogP contribution is 2.41. The largest absolute Gasteiger partial charge is 0.507 e. The van der Waals surface area contributed by atoms with Gasteiger partial charge in [0.05, 0.1) is 18.2 Å². The second-order valence-corrected chi connectivity index (χ2v) is 9.06. The van der Waals surface area contributed by atoms with Gasteiger partial charge in [0.25, 0.3) is 11.7 Å². The summed E-state index contributed by atoms with van der Waals surface area (Å²) in [7, 11) is 1.60. The third kappa shape index (κ3) is 5.20. The molecule has 2 heterocycles. The van der Waals surface area contributed by atoms with Gasteiger partial charge in [-0.1, -0.05) is 25.5 Å². The molecule has 7 nitrogen and oxygen atoms in total. The number of carbonyl (C=O) groups is 2. The van der Waals surface area contributed by atoms with E-state index in [4.69, 9.17) is 14.2 Å². The van der Waals surface area contributed by atoms with Gasteiger partial charge in [-0.25, -0.2) is 0 Å². The topological polar surface area (TPSA) is 85.3 Å². The number of hydrogen-bond acceptors (Lipinski definition) is 6. The number of rotatable bonds is 10. The van der Waals surface area contributed by atoms with E-state index >= 15 is 0 Å². The number of ether oxygens (including phenoxy) is 3. The van der Waals surface area contributed by atoms with Crippen LogP contribution in [0.1, 0.15) is 55.8 Å². The highest BCUT2D eigenvalue weighted by molar-refractivity contribution is 6.46. The van der Waals surface area contributed by atoms with Gasteiger partial charge in [-0.2, -0.15) is 0 Å². The zero-order valence-corrected chi connectivity index (χ0v) is 20.6. The zero-order valence-electron chi connectivity index (χ0n) is 20.6. The van der Waals surface area contributed by atoms with Crippen LogP contribution in [0, 0.1) is 0 Å². The number of likely N-dealkylation sites (tertiary alicyclic amines) is 1. The van der Waals surface area contributed by atoms with E-state index in [1.807, 2.05) is 37.3 Å². The Labute approximate surface area is 206 Å². The predicted molar refractivity (Wildman–Crippen MR) is 133 cm³/mol. The maximum Gasteiger partial charge on any atom is 0.295 e. The smallest absolute Gasteiger partial charge is 0.295 e. The highest BCUT2D eigenvalue weighted by atomic mass is 16.5. The number of Topliss-reactive ketones (excluding diaryl/α,β-unsaturated/α-hetero) is 1. The number of unbranched alkanes of at least 4 members (excludes halogenated alkanes) is 1. The normalized spacial score (nSPS) is 20.7. The first-order valence-electron chi connectivity index (χ1n) is 12.2. The van der Waals surface area contributed by atoms with Crippen molar-refractivity contribution in [2.45, 2.75) is 51.7 Å².